The first-order valence-corrected chi connectivity index (χ1v) is 16.9. The molecule has 0 fully saturated rings. The lowest BCUT2D eigenvalue weighted by Gasteiger charge is -2.28. The molecule has 234 valence electrons. The third-order valence-electron chi connectivity index (χ3n) is 8.32. The van der Waals surface area contributed by atoms with Gasteiger partial charge in [0.1, 0.15) is 0 Å². The zero-order valence-electron chi connectivity index (χ0n) is 26.9. The maximum Gasteiger partial charge on any atom is 0.0710 e. The monoisotopic (exact) mass is 632 g/mol. The standard InChI is InChI=1S/C35H27N3S.C5H7N.C2H6/c1-23-11-9-10-22-38(26-20-18-25(19-21-26)33(37-36)24-12-3-2-4-13-24)34-28-15-6-5-14-27(28)32-29-16-7-8-17-30(29)39-35(32)31(23)34;6-5-3-1-2-4-5;1-2/h2-22,33,37H,1,36H2;1-3H,4,6H2;1-2H3/b11-9-,22-10-;;. The van der Waals surface area contributed by atoms with Crippen molar-refractivity contribution in [2.75, 3.05) is 4.90 Å². The molecular formula is C42H40N4S. The number of nitrogens with two attached hydrogens (primary N) is 2. The smallest absolute Gasteiger partial charge is 0.0710 e. The van der Waals surface area contributed by atoms with Crippen molar-refractivity contribution in [3.63, 3.8) is 0 Å². The number of allylic oxidation sites excluding steroid dienone is 7. The van der Waals surface area contributed by atoms with Crippen molar-refractivity contribution in [3.05, 3.63) is 175 Å². The van der Waals surface area contributed by atoms with Crippen LogP contribution in [-0.2, 0) is 0 Å². The van der Waals surface area contributed by atoms with Crippen LogP contribution in [0.5, 0.6) is 0 Å². The highest BCUT2D eigenvalue weighted by Gasteiger charge is 2.24. The lowest BCUT2D eigenvalue weighted by molar-refractivity contribution is 0.637. The second-order valence-electron chi connectivity index (χ2n) is 11.1. The minimum Gasteiger partial charge on any atom is -0.402 e. The van der Waals surface area contributed by atoms with Crippen LogP contribution in [0.15, 0.2) is 158 Å². The van der Waals surface area contributed by atoms with E-state index in [4.69, 9.17) is 11.6 Å². The predicted octanol–water partition coefficient (Wildman–Crippen LogP) is 10.8. The van der Waals surface area contributed by atoms with Gasteiger partial charge in [-0.15, -0.1) is 11.3 Å². The molecule has 2 heterocycles. The topological polar surface area (TPSA) is 67.3 Å². The number of hydrogen-bond donors (Lipinski definition) is 3. The van der Waals surface area contributed by atoms with E-state index in [0.29, 0.717) is 0 Å². The molecule has 0 saturated carbocycles. The molecule has 1 aliphatic carbocycles. The van der Waals surface area contributed by atoms with E-state index in [0.717, 1.165) is 40.2 Å². The van der Waals surface area contributed by atoms with Crippen LogP contribution in [0.1, 0.15) is 43.0 Å². The minimum absolute atomic E-state index is 0.0860. The molecule has 1 unspecified atom stereocenters. The normalized spacial score (nSPS) is 15.5. The summed E-state index contributed by atoms with van der Waals surface area (Å²) < 4.78 is 2.56. The SMILES string of the molecule is C=C1/C=C\C=C/N(c2ccc(C(NN)c3ccccc3)cc2)c2c1c1sc3ccccc3c1c1ccccc21.CC.NC1=CC=CC1. The number of rotatable bonds is 4. The molecule has 1 aliphatic heterocycles. The second kappa shape index (κ2) is 14.5. The Morgan fingerprint density at radius 3 is 2.09 bits per heavy atom. The Morgan fingerprint density at radius 1 is 0.766 bits per heavy atom. The Labute approximate surface area is 281 Å². The Bertz CT molecular complexity index is 2150. The summed E-state index contributed by atoms with van der Waals surface area (Å²) in [5.41, 5.74) is 15.9. The number of nitrogens with zero attached hydrogens (tertiary/aromatic N) is 1. The molecule has 47 heavy (non-hydrogen) atoms. The first-order valence-electron chi connectivity index (χ1n) is 16.1. The highest BCUT2D eigenvalue weighted by Crippen LogP contribution is 2.50. The van der Waals surface area contributed by atoms with Crippen LogP contribution < -0.4 is 21.9 Å². The van der Waals surface area contributed by atoms with Crippen LogP contribution in [0.2, 0.25) is 0 Å². The third-order valence-corrected chi connectivity index (χ3v) is 9.51. The Hall–Kier alpha value is -5.20. The zero-order chi connectivity index (χ0) is 32.8. The summed E-state index contributed by atoms with van der Waals surface area (Å²) >= 11 is 1.85. The van der Waals surface area contributed by atoms with Gasteiger partial charge in [0.2, 0.25) is 0 Å². The fourth-order valence-electron chi connectivity index (χ4n) is 6.19. The Kier molecular flexibility index (Phi) is 9.79. The van der Waals surface area contributed by atoms with Crippen molar-refractivity contribution in [3.8, 4) is 0 Å². The van der Waals surface area contributed by atoms with Gasteiger partial charge in [-0.05, 0) is 52.4 Å². The average Bonchev–Trinajstić information content (AvgIpc) is 3.76. The molecule has 5 aromatic carbocycles. The average molecular weight is 633 g/mol. The number of benzene rings is 5. The molecule has 1 atom stereocenters. The van der Waals surface area contributed by atoms with Gasteiger partial charge in [0.15, 0.2) is 0 Å². The summed E-state index contributed by atoms with van der Waals surface area (Å²) in [5, 5.41) is 5.06. The number of thiophene rings is 1. The molecule has 0 radical (unpaired) electrons. The van der Waals surface area contributed by atoms with E-state index < -0.39 is 0 Å². The summed E-state index contributed by atoms with van der Waals surface area (Å²) in [4.78, 5) is 2.30. The quantitative estimate of drug-likeness (QED) is 0.134. The fraction of sp³-hybridized carbons (Fsp3) is 0.0952. The van der Waals surface area contributed by atoms with Crippen LogP contribution in [0.25, 0.3) is 36.5 Å². The zero-order valence-corrected chi connectivity index (χ0v) is 27.7. The molecule has 0 saturated heterocycles. The molecule has 1 aromatic heterocycles. The van der Waals surface area contributed by atoms with Gasteiger partial charge in [-0.3, -0.25) is 5.84 Å². The van der Waals surface area contributed by atoms with Gasteiger partial charge in [-0.1, -0.05) is 130 Å². The number of hydrogen-bond acceptors (Lipinski definition) is 5. The molecule has 4 nitrogen and oxygen atoms in total. The van der Waals surface area contributed by atoms with E-state index in [1.807, 2.05) is 61.6 Å². The van der Waals surface area contributed by atoms with Crippen LogP contribution in [-0.4, -0.2) is 0 Å². The first kappa shape index (κ1) is 31.8. The number of anilines is 2. The van der Waals surface area contributed by atoms with Crippen LogP contribution in [0.4, 0.5) is 11.4 Å². The van der Waals surface area contributed by atoms with E-state index >= 15 is 0 Å². The molecule has 0 amide bonds. The summed E-state index contributed by atoms with van der Waals surface area (Å²) in [5.74, 6) is 5.99. The lowest BCUT2D eigenvalue weighted by atomic mass is 9.93. The summed E-state index contributed by atoms with van der Waals surface area (Å²) in [7, 11) is 0. The molecule has 8 rings (SSSR count). The van der Waals surface area contributed by atoms with Crippen molar-refractivity contribution in [1.29, 1.82) is 0 Å². The van der Waals surface area contributed by atoms with Gasteiger partial charge < -0.3 is 10.6 Å². The van der Waals surface area contributed by atoms with Crippen molar-refractivity contribution >= 4 is 59.2 Å². The molecule has 0 spiro atoms. The largest absolute Gasteiger partial charge is 0.402 e. The fourth-order valence-corrected chi connectivity index (χ4v) is 7.49. The van der Waals surface area contributed by atoms with Crippen LogP contribution in [0.3, 0.4) is 0 Å². The molecule has 6 aromatic rings. The second-order valence-corrected chi connectivity index (χ2v) is 12.2. The number of hydrazine groups is 1. The van der Waals surface area contributed by atoms with Gasteiger partial charge in [0.25, 0.3) is 0 Å². The van der Waals surface area contributed by atoms with Crippen molar-refractivity contribution < 1.29 is 0 Å². The van der Waals surface area contributed by atoms with E-state index in [1.165, 1.54) is 36.5 Å². The maximum absolute atomic E-state index is 5.99. The van der Waals surface area contributed by atoms with Gasteiger partial charge in [0.05, 0.1) is 11.7 Å². The highest BCUT2D eigenvalue weighted by atomic mass is 32.1. The van der Waals surface area contributed by atoms with E-state index in [1.54, 1.807) is 0 Å². The van der Waals surface area contributed by atoms with E-state index in [-0.39, 0.29) is 6.04 Å². The van der Waals surface area contributed by atoms with Crippen molar-refractivity contribution in [2.45, 2.75) is 26.3 Å². The molecule has 5 N–H and O–H groups in total. The van der Waals surface area contributed by atoms with Gasteiger partial charge in [-0.25, -0.2) is 5.43 Å². The first-order chi connectivity index (χ1) is 23.1. The van der Waals surface area contributed by atoms with E-state index in [9.17, 15) is 0 Å². The highest BCUT2D eigenvalue weighted by molar-refractivity contribution is 7.26. The van der Waals surface area contributed by atoms with Crippen molar-refractivity contribution in [1.82, 2.24) is 5.43 Å². The van der Waals surface area contributed by atoms with E-state index in [2.05, 4.69) is 126 Å². The van der Waals surface area contributed by atoms with Gasteiger partial charge in [-0.2, -0.15) is 0 Å². The van der Waals surface area contributed by atoms with Crippen LogP contribution in [0, 0.1) is 0 Å². The van der Waals surface area contributed by atoms with Gasteiger partial charge >= 0.3 is 0 Å². The minimum atomic E-state index is -0.0860. The molecule has 2 aliphatic rings. The number of fused-ring (bicyclic) bond motifs is 8. The number of nitrogens with one attached hydrogen (secondary N) is 1. The summed E-state index contributed by atoms with van der Waals surface area (Å²) in [6.45, 7) is 8.53. The predicted molar refractivity (Wildman–Crippen MR) is 206 cm³/mol. The van der Waals surface area contributed by atoms with Crippen LogP contribution >= 0.6 is 11.3 Å². The molecular weight excluding hydrogens is 593 g/mol. The Balaban J connectivity index is 0.000000430. The third kappa shape index (κ3) is 6.29. The maximum atomic E-state index is 5.99. The molecule has 5 heteroatoms. The summed E-state index contributed by atoms with van der Waals surface area (Å²) in [6, 6.07) is 36.3. The summed E-state index contributed by atoms with van der Waals surface area (Å²) in [6.07, 6.45) is 15.3. The Morgan fingerprint density at radius 2 is 1.43 bits per heavy atom. The molecule has 0 bridgehead atoms. The van der Waals surface area contributed by atoms with Crippen molar-refractivity contribution in [2.24, 2.45) is 11.6 Å². The lowest BCUT2D eigenvalue weighted by Crippen LogP contribution is -2.28. The van der Waals surface area contributed by atoms with Gasteiger partial charge in [0, 0.05) is 55.1 Å².